The zero-order chi connectivity index (χ0) is 23.6. The van der Waals surface area contributed by atoms with Crippen LogP contribution < -0.4 is 10.1 Å². The first kappa shape index (κ1) is 21.7. The minimum Gasteiger partial charge on any atom is -0.410 e. The van der Waals surface area contributed by atoms with E-state index in [4.69, 9.17) is 5.26 Å². The maximum atomic E-state index is 12.0. The molecule has 1 N–H and O–H groups in total. The second-order valence-electron chi connectivity index (χ2n) is 8.01. The summed E-state index contributed by atoms with van der Waals surface area (Å²) in [6.07, 6.45) is 3.08. The summed E-state index contributed by atoms with van der Waals surface area (Å²) in [6, 6.07) is 14.8. The number of carbonyl (C=O) groups excluding carboxylic acids is 2. The van der Waals surface area contributed by atoms with Gasteiger partial charge in [0.05, 0.1) is 28.3 Å². The summed E-state index contributed by atoms with van der Waals surface area (Å²) < 4.78 is 0. The molecule has 0 amide bonds. The Labute approximate surface area is 191 Å². The number of hydrogen-bond donors (Lipinski definition) is 1. The van der Waals surface area contributed by atoms with Gasteiger partial charge in [-0.15, -0.1) is 0 Å². The molecule has 1 aliphatic heterocycles. The Morgan fingerprint density at radius 1 is 1.18 bits per heavy atom. The topological polar surface area (TPSA) is 123 Å². The zero-order valence-corrected chi connectivity index (χ0v) is 18.0. The molecule has 1 radical (unpaired) electrons. The van der Waals surface area contributed by atoms with E-state index in [0.717, 1.165) is 11.8 Å². The van der Waals surface area contributed by atoms with Crippen molar-refractivity contribution in [2.45, 2.75) is 19.3 Å². The van der Waals surface area contributed by atoms with Gasteiger partial charge in [-0.25, -0.2) is 9.97 Å². The summed E-state index contributed by atoms with van der Waals surface area (Å²) in [5.74, 6) is 0.332. The minimum atomic E-state index is -0.876. The van der Waals surface area contributed by atoms with Gasteiger partial charge >= 0.3 is 7.41 Å². The standard InChI is InChI=1S/C24H18BN6O2/c1-15-3-4-16(10-26)7-21(15)30-23-28-6-5-20(29-23)17-8-18(11-27)22-19(9-17)24(2,13-32)12-31(22)25-14-33/h3-9,13-14H,12H2,1-2H3,(H,28,29,30)/t24-/m1/s1. The fourth-order valence-electron chi connectivity index (χ4n) is 3.96. The molecule has 0 saturated heterocycles. The van der Waals surface area contributed by atoms with Crippen molar-refractivity contribution >= 4 is 37.2 Å². The number of fused-ring (bicyclic) bond motifs is 1. The number of nitrogens with one attached hydrogen (secondary N) is 1. The molecule has 0 unspecified atom stereocenters. The highest BCUT2D eigenvalue weighted by atomic mass is 16.1. The molecule has 1 aromatic heterocycles. The van der Waals surface area contributed by atoms with Crippen molar-refractivity contribution in [1.82, 2.24) is 9.97 Å². The highest BCUT2D eigenvalue weighted by Crippen LogP contribution is 2.43. The Hall–Kier alpha value is -4.50. The predicted octanol–water partition coefficient (Wildman–Crippen LogP) is 3.02. The molecule has 0 spiro atoms. The third-order valence-corrected chi connectivity index (χ3v) is 5.70. The van der Waals surface area contributed by atoms with Crippen molar-refractivity contribution in [3.8, 4) is 23.4 Å². The number of carbonyl (C=O) groups is 2. The average Bonchev–Trinajstić information content (AvgIpc) is 3.12. The van der Waals surface area contributed by atoms with E-state index >= 15 is 0 Å². The van der Waals surface area contributed by atoms with Gasteiger partial charge in [0.25, 0.3) is 0 Å². The normalized spacial score (nSPS) is 16.3. The van der Waals surface area contributed by atoms with Crippen molar-refractivity contribution in [2.75, 3.05) is 16.7 Å². The Morgan fingerprint density at radius 2 is 2.00 bits per heavy atom. The summed E-state index contributed by atoms with van der Waals surface area (Å²) in [7, 11) is 1.33. The van der Waals surface area contributed by atoms with Crippen molar-refractivity contribution in [2.24, 2.45) is 0 Å². The zero-order valence-electron chi connectivity index (χ0n) is 18.0. The minimum absolute atomic E-state index is 0.272. The van der Waals surface area contributed by atoms with Crippen LogP contribution in [0.1, 0.15) is 29.2 Å². The number of aromatic nitrogens is 2. The molecule has 1 aliphatic rings. The number of anilines is 3. The lowest BCUT2D eigenvalue weighted by molar-refractivity contribution is -0.111. The summed E-state index contributed by atoms with van der Waals surface area (Å²) >= 11 is 0. The Balaban J connectivity index is 1.78. The van der Waals surface area contributed by atoms with Crippen LogP contribution in [0.3, 0.4) is 0 Å². The van der Waals surface area contributed by atoms with E-state index in [-0.39, 0.29) is 6.54 Å². The lowest BCUT2D eigenvalue weighted by Crippen LogP contribution is -2.35. The molecule has 9 heteroatoms. The van der Waals surface area contributed by atoms with Gasteiger partial charge in [-0.1, -0.05) is 6.07 Å². The van der Waals surface area contributed by atoms with E-state index in [1.807, 2.05) is 19.1 Å². The van der Waals surface area contributed by atoms with Gasteiger partial charge in [0.2, 0.25) is 5.95 Å². The van der Waals surface area contributed by atoms with Gasteiger partial charge < -0.3 is 19.7 Å². The molecule has 2 heterocycles. The SMILES string of the molecule is Cc1ccc(C#N)cc1Nc1nccc(-c2cc(C#N)c3c(c2)[C@@](C)(C=O)CN3[B]C=O)n1. The number of aldehydes is 1. The maximum absolute atomic E-state index is 12.0. The molecule has 4 rings (SSSR count). The molecule has 3 aromatic rings. The van der Waals surface area contributed by atoms with Crippen LogP contribution in [0, 0.1) is 29.6 Å². The first-order valence-electron chi connectivity index (χ1n) is 10.1. The number of benzene rings is 2. The number of nitrogens with zero attached hydrogens (tertiary/aromatic N) is 5. The lowest BCUT2D eigenvalue weighted by Gasteiger charge is -2.18. The third-order valence-electron chi connectivity index (χ3n) is 5.70. The van der Waals surface area contributed by atoms with Gasteiger partial charge in [-0.05, 0) is 55.3 Å². The van der Waals surface area contributed by atoms with Crippen LogP contribution in [0.15, 0.2) is 42.6 Å². The van der Waals surface area contributed by atoms with Crippen molar-refractivity contribution in [3.63, 3.8) is 0 Å². The largest absolute Gasteiger partial charge is 0.410 e. The third kappa shape index (κ3) is 3.93. The maximum Gasteiger partial charge on any atom is 0.329 e. The second kappa shape index (κ2) is 8.56. The molecule has 0 bridgehead atoms. The molecular weight excluding hydrogens is 415 g/mol. The number of aryl methyl sites for hydroxylation is 1. The smallest absolute Gasteiger partial charge is 0.329 e. The molecule has 0 aliphatic carbocycles. The average molecular weight is 433 g/mol. The van der Waals surface area contributed by atoms with Crippen LogP contribution in [0.4, 0.5) is 17.3 Å². The van der Waals surface area contributed by atoms with Crippen LogP contribution in [0.25, 0.3) is 11.3 Å². The Bertz CT molecular complexity index is 1360. The van der Waals surface area contributed by atoms with Gasteiger partial charge in [-0.3, -0.25) is 0 Å². The molecular formula is C24H18BN6O2. The number of nitriles is 2. The lowest BCUT2D eigenvalue weighted by atomic mass is 9.84. The van der Waals surface area contributed by atoms with Gasteiger partial charge in [0.1, 0.15) is 18.5 Å². The molecule has 2 aromatic carbocycles. The molecule has 159 valence electrons. The predicted molar refractivity (Wildman–Crippen MR) is 125 cm³/mol. The first-order chi connectivity index (χ1) is 15.9. The Morgan fingerprint density at radius 3 is 2.70 bits per heavy atom. The van der Waals surface area contributed by atoms with Gasteiger partial charge in [-0.2, -0.15) is 10.5 Å². The van der Waals surface area contributed by atoms with E-state index < -0.39 is 5.41 Å². The molecule has 0 fully saturated rings. The van der Waals surface area contributed by atoms with Crippen LogP contribution >= 0.6 is 0 Å². The molecule has 8 nitrogen and oxygen atoms in total. The second-order valence-corrected chi connectivity index (χ2v) is 8.01. The van der Waals surface area contributed by atoms with E-state index in [1.165, 1.54) is 7.41 Å². The van der Waals surface area contributed by atoms with Gasteiger partial charge in [0.15, 0.2) is 0 Å². The van der Waals surface area contributed by atoms with Gasteiger partial charge in [0, 0.05) is 29.7 Å². The van der Waals surface area contributed by atoms with Crippen LogP contribution in [-0.2, 0) is 15.0 Å². The molecule has 1 atom stereocenters. The highest BCUT2D eigenvalue weighted by Gasteiger charge is 2.40. The van der Waals surface area contributed by atoms with Crippen molar-refractivity contribution in [1.29, 1.82) is 10.5 Å². The fourth-order valence-corrected chi connectivity index (χ4v) is 3.96. The van der Waals surface area contributed by atoms with E-state index in [9.17, 15) is 14.9 Å². The first-order valence-corrected chi connectivity index (χ1v) is 10.1. The summed E-state index contributed by atoms with van der Waals surface area (Å²) in [4.78, 5) is 33.6. The number of hydrogen-bond acceptors (Lipinski definition) is 8. The quantitative estimate of drug-likeness (QED) is 0.465. The summed E-state index contributed by atoms with van der Waals surface area (Å²) in [5.41, 5.74) is 4.06. The van der Waals surface area contributed by atoms with E-state index in [2.05, 4.69) is 27.4 Å². The highest BCUT2D eigenvalue weighted by molar-refractivity contribution is 6.70. The van der Waals surface area contributed by atoms with Crippen molar-refractivity contribution in [3.05, 3.63) is 64.8 Å². The fraction of sp³-hybridized carbons (Fsp3) is 0.167. The van der Waals surface area contributed by atoms with E-state index in [0.29, 0.717) is 51.5 Å². The molecule has 0 saturated carbocycles. The van der Waals surface area contributed by atoms with Crippen LogP contribution in [-0.4, -0.2) is 36.4 Å². The van der Waals surface area contributed by atoms with Crippen LogP contribution in [0.2, 0.25) is 0 Å². The van der Waals surface area contributed by atoms with Crippen molar-refractivity contribution < 1.29 is 9.59 Å². The summed E-state index contributed by atoms with van der Waals surface area (Å²) in [6.45, 7) is 3.96. The van der Waals surface area contributed by atoms with Crippen LogP contribution in [0.5, 0.6) is 0 Å². The monoisotopic (exact) mass is 433 g/mol. The molecule has 33 heavy (non-hydrogen) atoms. The summed E-state index contributed by atoms with van der Waals surface area (Å²) in [5, 5.41) is 22.1. The number of rotatable bonds is 6. The van der Waals surface area contributed by atoms with E-state index in [1.54, 1.807) is 42.2 Å². The Kier molecular flexibility index (Phi) is 5.64.